The topological polar surface area (TPSA) is 62.5 Å². The Morgan fingerprint density at radius 1 is 1.14 bits per heavy atom. The summed E-state index contributed by atoms with van der Waals surface area (Å²) in [5.74, 6) is 3.71. The first-order valence-electron chi connectivity index (χ1n) is 10.3. The molecule has 1 aromatic heterocycles. The molecule has 2 fully saturated rings. The molecule has 7 heteroatoms. The number of benzene rings is 1. The highest BCUT2D eigenvalue weighted by atomic mass is 32.2. The van der Waals surface area contributed by atoms with Crippen molar-refractivity contribution in [2.45, 2.75) is 55.4 Å². The van der Waals surface area contributed by atoms with E-state index in [0.29, 0.717) is 11.8 Å². The lowest BCUT2D eigenvalue weighted by molar-refractivity contribution is -0.123. The lowest BCUT2D eigenvalue weighted by atomic mass is 9.95. The van der Waals surface area contributed by atoms with Crippen molar-refractivity contribution >= 4 is 23.4 Å². The number of aromatic nitrogens is 2. The summed E-state index contributed by atoms with van der Waals surface area (Å²) in [6.45, 7) is 4.63. The SMILES string of the molecule is CC(C(=O)N1CCSc2ccccc21)N1CCC(c2noc(C3CC3)n2)CC1. The van der Waals surface area contributed by atoms with Crippen molar-refractivity contribution in [2.24, 2.45) is 0 Å². The average molecular weight is 399 g/mol. The van der Waals surface area contributed by atoms with Crippen LogP contribution >= 0.6 is 11.8 Å². The van der Waals surface area contributed by atoms with E-state index in [1.165, 1.54) is 17.7 Å². The van der Waals surface area contributed by atoms with Crippen molar-refractivity contribution in [1.82, 2.24) is 15.0 Å². The molecule has 1 atom stereocenters. The largest absolute Gasteiger partial charge is 0.339 e. The van der Waals surface area contributed by atoms with E-state index < -0.39 is 0 Å². The summed E-state index contributed by atoms with van der Waals surface area (Å²) in [4.78, 5) is 23.3. The van der Waals surface area contributed by atoms with Gasteiger partial charge in [0.1, 0.15) is 0 Å². The summed E-state index contributed by atoms with van der Waals surface area (Å²) in [5, 5.41) is 4.22. The Morgan fingerprint density at radius 3 is 2.71 bits per heavy atom. The predicted octanol–water partition coefficient (Wildman–Crippen LogP) is 3.65. The molecule has 0 N–H and O–H groups in total. The second kappa shape index (κ2) is 7.52. The Kier molecular flexibility index (Phi) is 4.88. The Labute approximate surface area is 169 Å². The highest BCUT2D eigenvalue weighted by Crippen LogP contribution is 2.40. The molecule has 0 spiro atoms. The Bertz CT molecular complexity index is 858. The Hall–Kier alpha value is -1.86. The van der Waals surface area contributed by atoms with Crippen LogP contribution in [0.4, 0.5) is 5.69 Å². The molecule has 1 saturated heterocycles. The number of carbonyl (C=O) groups excluding carboxylic acids is 1. The number of hydrogen-bond donors (Lipinski definition) is 0. The number of amides is 1. The zero-order valence-electron chi connectivity index (χ0n) is 16.2. The van der Waals surface area contributed by atoms with Crippen LogP contribution < -0.4 is 4.90 Å². The molecule has 3 aliphatic rings. The van der Waals surface area contributed by atoms with Gasteiger partial charge in [-0.15, -0.1) is 11.8 Å². The summed E-state index contributed by atoms with van der Waals surface area (Å²) >= 11 is 1.83. The van der Waals surface area contributed by atoms with Crippen LogP contribution in [0.2, 0.25) is 0 Å². The molecule has 1 aliphatic carbocycles. The molecule has 6 nitrogen and oxygen atoms in total. The monoisotopic (exact) mass is 398 g/mol. The average Bonchev–Trinajstić information content (AvgIpc) is 3.49. The Morgan fingerprint density at radius 2 is 1.93 bits per heavy atom. The fourth-order valence-electron chi connectivity index (χ4n) is 4.23. The zero-order chi connectivity index (χ0) is 19.1. The second-order valence-electron chi connectivity index (χ2n) is 8.06. The standard InChI is InChI=1S/C21H26N4O2S/c1-14(21(26)25-12-13-28-18-5-3-2-4-17(18)25)24-10-8-15(9-11-24)19-22-20(27-23-19)16-6-7-16/h2-5,14-16H,6-13H2,1H3. The van der Waals surface area contributed by atoms with Crippen LogP contribution in [0.15, 0.2) is 33.7 Å². The van der Waals surface area contributed by atoms with Crippen molar-refractivity contribution in [3.8, 4) is 0 Å². The number of fused-ring (bicyclic) bond motifs is 1. The minimum Gasteiger partial charge on any atom is -0.339 e. The smallest absolute Gasteiger partial charge is 0.244 e. The highest BCUT2D eigenvalue weighted by molar-refractivity contribution is 7.99. The number of piperidine rings is 1. The van der Waals surface area contributed by atoms with Gasteiger partial charge in [-0.1, -0.05) is 17.3 Å². The third-order valence-electron chi connectivity index (χ3n) is 6.18. The third kappa shape index (κ3) is 3.46. The first-order chi connectivity index (χ1) is 13.7. The van der Waals surface area contributed by atoms with Crippen LogP contribution in [0, 0.1) is 0 Å². The number of hydrogen-bond acceptors (Lipinski definition) is 6. The molecule has 28 heavy (non-hydrogen) atoms. The van der Waals surface area contributed by atoms with Gasteiger partial charge in [-0.05, 0) is 57.8 Å². The molecule has 1 aromatic carbocycles. The van der Waals surface area contributed by atoms with Crippen LogP contribution in [0.5, 0.6) is 0 Å². The van der Waals surface area contributed by atoms with E-state index in [-0.39, 0.29) is 11.9 Å². The molecule has 1 amide bonds. The number of likely N-dealkylation sites (tertiary alicyclic amines) is 1. The lowest BCUT2D eigenvalue weighted by Crippen LogP contribution is -2.50. The molecule has 2 aliphatic heterocycles. The summed E-state index contributed by atoms with van der Waals surface area (Å²) in [6, 6.07) is 8.12. The van der Waals surface area contributed by atoms with Crippen molar-refractivity contribution in [2.75, 3.05) is 30.3 Å². The normalized spacial score (nSPS) is 22.1. The van der Waals surface area contributed by atoms with E-state index in [1.807, 2.05) is 35.7 Å². The number of para-hydroxylation sites is 1. The molecule has 0 radical (unpaired) electrons. The van der Waals surface area contributed by atoms with Crippen LogP contribution in [-0.2, 0) is 4.79 Å². The number of rotatable bonds is 4. The van der Waals surface area contributed by atoms with E-state index in [1.54, 1.807) is 0 Å². The van der Waals surface area contributed by atoms with Gasteiger partial charge >= 0.3 is 0 Å². The van der Waals surface area contributed by atoms with E-state index in [0.717, 1.165) is 55.6 Å². The summed E-state index contributed by atoms with van der Waals surface area (Å²) in [5.41, 5.74) is 1.06. The van der Waals surface area contributed by atoms with E-state index >= 15 is 0 Å². The first kappa shape index (κ1) is 18.2. The van der Waals surface area contributed by atoms with Gasteiger partial charge in [-0.25, -0.2) is 0 Å². The highest BCUT2D eigenvalue weighted by Gasteiger charge is 2.35. The van der Waals surface area contributed by atoms with Gasteiger partial charge in [0.15, 0.2) is 5.82 Å². The van der Waals surface area contributed by atoms with Crippen LogP contribution in [0.1, 0.15) is 56.2 Å². The van der Waals surface area contributed by atoms with Crippen molar-refractivity contribution in [3.05, 3.63) is 36.0 Å². The number of nitrogens with zero attached hydrogens (tertiary/aromatic N) is 4. The lowest BCUT2D eigenvalue weighted by Gasteiger charge is -2.38. The van der Waals surface area contributed by atoms with Crippen molar-refractivity contribution in [1.29, 1.82) is 0 Å². The molecule has 148 valence electrons. The second-order valence-corrected chi connectivity index (χ2v) is 9.19. The van der Waals surface area contributed by atoms with Gasteiger partial charge < -0.3 is 9.42 Å². The van der Waals surface area contributed by atoms with Gasteiger partial charge in [0.2, 0.25) is 11.8 Å². The molecule has 1 unspecified atom stereocenters. The first-order valence-corrected chi connectivity index (χ1v) is 11.3. The maximum absolute atomic E-state index is 13.2. The summed E-state index contributed by atoms with van der Waals surface area (Å²) in [7, 11) is 0. The minimum absolute atomic E-state index is 0.107. The fourth-order valence-corrected chi connectivity index (χ4v) is 5.23. The van der Waals surface area contributed by atoms with Crippen molar-refractivity contribution < 1.29 is 9.32 Å². The van der Waals surface area contributed by atoms with E-state index in [4.69, 9.17) is 4.52 Å². The number of anilines is 1. The zero-order valence-corrected chi connectivity index (χ0v) is 17.0. The molecular formula is C21H26N4O2S. The predicted molar refractivity (Wildman–Crippen MR) is 109 cm³/mol. The minimum atomic E-state index is -0.107. The molecule has 3 heterocycles. The van der Waals surface area contributed by atoms with Crippen molar-refractivity contribution in [3.63, 3.8) is 0 Å². The fraction of sp³-hybridized carbons (Fsp3) is 0.571. The van der Waals surface area contributed by atoms with E-state index in [2.05, 4.69) is 27.2 Å². The van der Waals surface area contributed by atoms with E-state index in [9.17, 15) is 4.79 Å². The van der Waals surface area contributed by atoms with Gasteiger partial charge in [-0.3, -0.25) is 9.69 Å². The van der Waals surface area contributed by atoms with Gasteiger partial charge in [0.25, 0.3) is 0 Å². The summed E-state index contributed by atoms with van der Waals surface area (Å²) in [6.07, 6.45) is 4.32. The molecule has 1 saturated carbocycles. The van der Waals surface area contributed by atoms with Crippen LogP contribution in [0.25, 0.3) is 0 Å². The number of carbonyl (C=O) groups is 1. The van der Waals surface area contributed by atoms with Gasteiger partial charge in [0.05, 0.1) is 11.7 Å². The molecule has 5 rings (SSSR count). The maximum atomic E-state index is 13.2. The van der Waals surface area contributed by atoms with Gasteiger partial charge in [-0.2, -0.15) is 4.98 Å². The third-order valence-corrected chi connectivity index (χ3v) is 7.22. The Balaban J connectivity index is 1.22. The molecule has 0 bridgehead atoms. The maximum Gasteiger partial charge on any atom is 0.244 e. The molecule has 2 aromatic rings. The van der Waals surface area contributed by atoms with Gasteiger partial charge in [0, 0.05) is 29.0 Å². The van der Waals surface area contributed by atoms with Crippen LogP contribution in [0.3, 0.4) is 0 Å². The number of thioether (sulfide) groups is 1. The molecular weight excluding hydrogens is 372 g/mol. The summed E-state index contributed by atoms with van der Waals surface area (Å²) < 4.78 is 5.43. The quantitative estimate of drug-likeness (QED) is 0.783. The van der Waals surface area contributed by atoms with Crippen LogP contribution in [-0.4, -0.2) is 52.4 Å².